The summed E-state index contributed by atoms with van der Waals surface area (Å²) < 4.78 is 5.55. The van der Waals surface area contributed by atoms with E-state index in [9.17, 15) is 5.11 Å². The summed E-state index contributed by atoms with van der Waals surface area (Å²) in [6.07, 6.45) is 3.75. The Bertz CT molecular complexity index is 1300. The zero-order valence-corrected chi connectivity index (χ0v) is 19.4. The van der Waals surface area contributed by atoms with E-state index in [1.807, 2.05) is 68.6 Å². The lowest BCUT2D eigenvalue weighted by molar-refractivity contribution is 0.356. The number of nitrogens with zero attached hydrogens (tertiary/aromatic N) is 3. The topological polar surface area (TPSA) is 88.5 Å². The molecule has 0 aliphatic rings. The van der Waals surface area contributed by atoms with Gasteiger partial charge in [0.1, 0.15) is 23.0 Å². The van der Waals surface area contributed by atoms with Gasteiger partial charge < -0.3 is 24.6 Å². The smallest absolute Gasteiger partial charge is 0.137 e. The Labute approximate surface area is 193 Å². The third-order valence-electron chi connectivity index (χ3n) is 5.78. The summed E-state index contributed by atoms with van der Waals surface area (Å²) in [5.41, 5.74) is 5.06. The molecule has 33 heavy (non-hydrogen) atoms. The highest BCUT2D eigenvalue weighted by atomic mass is 16.5. The quantitative estimate of drug-likeness (QED) is 0.290. The van der Waals surface area contributed by atoms with Crippen molar-refractivity contribution in [1.29, 1.82) is 5.41 Å². The lowest BCUT2D eigenvalue weighted by atomic mass is 10.00. The van der Waals surface area contributed by atoms with Crippen molar-refractivity contribution in [2.24, 2.45) is 0 Å². The van der Waals surface area contributed by atoms with Gasteiger partial charge in [-0.05, 0) is 43.9 Å². The van der Waals surface area contributed by atoms with E-state index in [4.69, 9.17) is 10.1 Å². The Hall–Kier alpha value is -3.84. The molecule has 7 nitrogen and oxygen atoms in total. The van der Waals surface area contributed by atoms with Crippen LogP contribution in [0.4, 0.5) is 0 Å². The standard InChI is InChI=1S/C26H29N5O2/c1-30(2)11-12-31(3)25(27)21-13-17(9-10-23(21)32)18-14-20-22(16-29-26(20)28-15-18)19-7-5-6-8-24(19)33-4/h5-10,13-16,27,32H,11-12H2,1-4H3,(H,28,29). The number of hydrogen-bond acceptors (Lipinski definition) is 5. The average Bonchev–Trinajstić information content (AvgIpc) is 3.25. The molecule has 0 amide bonds. The van der Waals surface area contributed by atoms with E-state index in [0.29, 0.717) is 12.1 Å². The van der Waals surface area contributed by atoms with Gasteiger partial charge in [-0.25, -0.2) is 4.98 Å². The Morgan fingerprint density at radius 3 is 2.58 bits per heavy atom. The zero-order valence-electron chi connectivity index (χ0n) is 19.4. The van der Waals surface area contributed by atoms with E-state index in [1.54, 1.807) is 19.4 Å². The average molecular weight is 444 g/mol. The van der Waals surface area contributed by atoms with E-state index in [-0.39, 0.29) is 11.6 Å². The summed E-state index contributed by atoms with van der Waals surface area (Å²) in [7, 11) is 7.53. The molecule has 0 aliphatic heterocycles. The van der Waals surface area contributed by atoms with Crippen LogP contribution in [0.25, 0.3) is 33.3 Å². The molecule has 0 spiro atoms. The predicted molar refractivity (Wildman–Crippen MR) is 133 cm³/mol. The number of aromatic nitrogens is 2. The van der Waals surface area contributed by atoms with Gasteiger partial charge in [-0.2, -0.15) is 0 Å². The first kappa shape index (κ1) is 22.4. The molecule has 0 saturated carbocycles. The molecule has 4 rings (SSSR count). The number of para-hydroxylation sites is 1. The number of phenolic OH excluding ortho intramolecular Hbond substituents is 1. The SMILES string of the molecule is COc1ccccc1-c1c[nH]c2ncc(-c3ccc(O)c(C(=N)N(C)CCN(C)C)c3)cc12. The molecule has 2 aromatic heterocycles. The summed E-state index contributed by atoms with van der Waals surface area (Å²) in [6, 6.07) is 15.3. The van der Waals surface area contributed by atoms with Crippen LogP contribution in [-0.2, 0) is 0 Å². The first-order chi connectivity index (χ1) is 15.9. The monoisotopic (exact) mass is 443 g/mol. The maximum absolute atomic E-state index is 10.5. The number of H-pyrrole nitrogens is 1. The number of ether oxygens (including phenoxy) is 1. The Morgan fingerprint density at radius 1 is 1.03 bits per heavy atom. The Kier molecular flexibility index (Phi) is 6.33. The van der Waals surface area contributed by atoms with Gasteiger partial charge in [0.15, 0.2) is 0 Å². The predicted octanol–water partition coefficient (Wildman–Crippen LogP) is 4.43. The molecule has 0 aliphatic carbocycles. The summed E-state index contributed by atoms with van der Waals surface area (Å²) in [4.78, 5) is 11.8. The largest absolute Gasteiger partial charge is 0.507 e. The number of likely N-dealkylation sites (N-methyl/N-ethyl adjacent to an activating group) is 2. The van der Waals surface area contributed by atoms with Crippen LogP contribution in [0.1, 0.15) is 5.56 Å². The van der Waals surface area contributed by atoms with Crippen molar-refractivity contribution in [2.45, 2.75) is 0 Å². The van der Waals surface area contributed by atoms with Crippen LogP contribution >= 0.6 is 0 Å². The van der Waals surface area contributed by atoms with Crippen LogP contribution in [0, 0.1) is 5.41 Å². The Balaban J connectivity index is 1.72. The van der Waals surface area contributed by atoms with Crippen molar-refractivity contribution in [3.8, 4) is 33.8 Å². The maximum Gasteiger partial charge on any atom is 0.137 e. The summed E-state index contributed by atoms with van der Waals surface area (Å²) in [5.74, 6) is 1.16. The zero-order chi connectivity index (χ0) is 23.5. The highest BCUT2D eigenvalue weighted by molar-refractivity contribution is 6.01. The van der Waals surface area contributed by atoms with E-state index >= 15 is 0 Å². The van der Waals surface area contributed by atoms with Crippen molar-refractivity contribution in [2.75, 3.05) is 41.3 Å². The van der Waals surface area contributed by atoms with Crippen LogP contribution in [0.3, 0.4) is 0 Å². The van der Waals surface area contributed by atoms with Gasteiger partial charge in [0.25, 0.3) is 0 Å². The van der Waals surface area contributed by atoms with Gasteiger partial charge in [-0.15, -0.1) is 0 Å². The van der Waals surface area contributed by atoms with Crippen molar-refractivity contribution in [3.63, 3.8) is 0 Å². The number of pyridine rings is 1. The number of hydrogen-bond donors (Lipinski definition) is 3. The lowest BCUT2D eigenvalue weighted by Gasteiger charge is -2.23. The fraction of sp³-hybridized carbons (Fsp3) is 0.231. The second-order valence-electron chi connectivity index (χ2n) is 8.33. The van der Waals surface area contributed by atoms with Crippen LogP contribution in [-0.4, -0.2) is 72.1 Å². The highest BCUT2D eigenvalue weighted by Gasteiger charge is 2.16. The minimum atomic E-state index is 0.0887. The minimum absolute atomic E-state index is 0.0887. The van der Waals surface area contributed by atoms with Crippen LogP contribution < -0.4 is 4.74 Å². The second-order valence-corrected chi connectivity index (χ2v) is 8.33. The van der Waals surface area contributed by atoms with E-state index in [0.717, 1.165) is 45.6 Å². The van der Waals surface area contributed by atoms with Crippen LogP contribution in [0.2, 0.25) is 0 Å². The summed E-state index contributed by atoms with van der Waals surface area (Å²) in [6.45, 7) is 1.51. The fourth-order valence-electron chi connectivity index (χ4n) is 3.82. The van der Waals surface area contributed by atoms with E-state index < -0.39 is 0 Å². The number of nitrogens with one attached hydrogen (secondary N) is 2. The molecule has 0 fully saturated rings. The van der Waals surface area contributed by atoms with E-state index in [2.05, 4.69) is 20.9 Å². The molecule has 2 aromatic carbocycles. The number of methoxy groups -OCH3 is 1. The van der Waals surface area contributed by atoms with Gasteiger partial charge >= 0.3 is 0 Å². The molecule has 0 bridgehead atoms. The number of amidine groups is 1. The molecule has 3 N–H and O–H groups in total. The Morgan fingerprint density at radius 2 is 1.82 bits per heavy atom. The number of rotatable bonds is 7. The van der Waals surface area contributed by atoms with Crippen molar-refractivity contribution < 1.29 is 9.84 Å². The van der Waals surface area contributed by atoms with Gasteiger partial charge in [0.2, 0.25) is 0 Å². The molecule has 0 saturated heterocycles. The van der Waals surface area contributed by atoms with Crippen LogP contribution in [0.15, 0.2) is 60.9 Å². The number of aromatic hydroxyl groups is 1. The number of aromatic amines is 1. The molecule has 0 atom stereocenters. The number of benzene rings is 2. The first-order valence-corrected chi connectivity index (χ1v) is 10.8. The van der Waals surface area contributed by atoms with Gasteiger partial charge in [0.05, 0.1) is 12.7 Å². The highest BCUT2D eigenvalue weighted by Crippen LogP contribution is 2.36. The minimum Gasteiger partial charge on any atom is -0.507 e. The molecule has 7 heteroatoms. The molecule has 0 unspecified atom stereocenters. The fourth-order valence-corrected chi connectivity index (χ4v) is 3.82. The second kappa shape index (κ2) is 9.34. The van der Waals surface area contributed by atoms with Crippen molar-refractivity contribution in [1.82, 2.24) is 19.8 Å². The third-order valence-corrected chi connectivity index (χ3v) is 5.78. The van der Waals surface area contributed by atoms with Crippen molar-refractivity contribution >= 4 is 16.9 Å². The van der Waals surface area contributed by atoms with Crippen molar-refractivity contribution in [3.05, 3.63) is 66.5 Å². The molecular weight excluding hydrogens is 414 g/mol. The molecular formula is C26H29N5O2. The number of fused-ring (bicyclic) bond motifs is 1. The summed E-state index contributed by atoms with van der Waals surface area (Å²) >= 11 is 0. The summed E-state index contributed by atoms with van der Waals surface area (Å²) in [5, 5.41) is 20.0. The maximum atomic E-state index is 10.5. The third kappa shape index (κ3) is 4.54. The lowest BCUT2D eigenvalue weighted by Crippen LogP contribution is -2.33. The normalized spacial score (nSPS) is 11.2. The molecule has 170 valence electrons. The van der Waals surface area contributed by atoms with Gasteiger partial charge in [-0.3, -0.25) is 5.41 Å². The van der Waals surface area contributed by atoms with Crippen LogP contribution in [0.5, 0.6) is 11.5 Å². The molecule has 2 heterocycles. The first-order valence-electron chi connectivity index (χ1n) is 10.8. The molecule has 4 aromatic rings. The van der Waals surface area contributed by atoms with Gasteiger partial charge in [-0.1, -0.05) is 24.3 Å². The number of phenols is 1. The molecule has 0 radical (unpaired) electrons. The van der Waals surface area contributed by atoms with E-state index in [1.165, 1.54) is 0 Å². The van der Waals surface area contributed by atoms with Gasteiger partial charge in [0, 0.05) is 54.6 Å².